The molecule has 40 heavy (non-hydrogen) atoms. The Balaban J connectivity index is 3.33. The van der Waals surface area contributed by atoms with Crippen molar-refractivity contribution in [2.45, 2.75) is 194 Å². The van der Waals surface area contributed by atoms with E-state index in [0.29, 0.717) is 13.0 Å². The fourth-order valence-electron chi connectivity index (χ4n) is 5.37. The van der Waals surface area contributed by atoms with Crippen LogP contribution in [0.5, 0.6) is 0 Å². The number of aliphatic carboxylic acids is 1. The first kappa shape index (κ1) is 38.7. The second kappa shape index (κ2) is 32.2. The lowest BCUT2D eigenvalue weighted by Crippen LogP contribution is -2.19. The highest BCUT2D eigenvalue weighted by Crippen LogP contribution is 2.17. The summed E-state index contributed by atoms with van der Waals surface area (Å²) >= 11 is 0. The number of hydrogen-bond donors (Lipinski definition) is 1. The molecule has 4 nitrogen and oxygen atoms in total. The van der Waals surface area contributed by atoms with Gasteiger partial charge in [0.2, 0.25) is 0 Å². The van der Waals surface area contributed by atoms with Gasteiger partial charge in [-0.1, -0.05) is 161 Å². The number of esters is 1. The van der Waals surface area contributed by atoms with Crippen molar-refractivity contribution < 1.29 is 19.4 Å². The highest BCUT2D eigenvalue weighted by molar-refractivity contribution is 5.78. The lowest BCUT2D eigenvalue weighted by molar-refractivity contribution is -0.151. The van der Waals surface area contributed by atoms with Gasteiger partial charge in [-0.3, -0.25) is 9.59 Å². The number of allylic oxidation sites excluding steroid dienone is 2. The van der Waals surface area contributed by atoms with Crippen LogP contribution in [0.25, 0.3) is 0 Å². The molecule has 1 N–H and O–H groups in total. The van der Waals surface area contributed by atoms with Gasteiger partial charge in [-0.05, 0) is 38.5 Å². The fraction of sp³-hybridized carbons (Fsp3) is 0.889. The van der Waals surface area contributed by atoms with E-state index < -0.39 is 11.9 Å². The summed E-state index contributed by atoms with van der Waals surface area (Å²) in [6.07, 6.45) is 39.6. The van der Waals surface area contributed by atoms with E-state index in [2.05, 4.69) is 19.1 Å². The molecule has 0 fully saturated rings. The summed E-state index contributed by atoms with van der Waals surface area (Å²) in [5, 5.41) is 9.33. The van der Waals surface area contributed by atoms with Crippen LogP contribution in [0.4, 0.5) is 0 Å². The van der Waals surface area contributed by atoms with Crippen LogP contribution >= 0.6 is 0 Å². The minimum Gasteiger partial charge on any atom is -0.481 e. The van der Waals surface area contributed by atoms with Crippen molar-refractivity contribution in [2.24, 2.45) is 5.92 Å². The van der Waals surface area contributed by atoms with E-state index in [-0.39, 0.29) is 12.4 Å². The summed E-state index contributed by atoms with van der Waals surface area (Å²) in [5.41, 5.74) is 0. The zero-order chi connectivity index (χ0) is 29.4. The summed E-state index contributed by atoms with van der Waals surface area (Å²) < 4.78 is 5.02. The summed E-state index contributed by atoms with van der Waals surface area (Å²) in [4.78, 5) is 23.0. The molecule has 0 aliphatic carbocycles. The monoisotopic (exact) mass is 565 g/mol. The molecule has 0 aromatic carbocycles. The second-order valence-electron chi connectivity index (χ2n) is 12.1. The van der Waals surface area contributed by atoms with Crippen LogP contribution in [0.15, 0.2) is 12.2 Å². The highest BCUT2D eigenvalue weighted by Gasteiger charge is 2.21. The van der Waals surface area contributed by atoms with Gasteiger partial charge in [0.1, 0.15) is 0 Å². The Kier molecular flexibility index (Phi) is 31.1. The molecule has 0 radical (unpaired) electrons. The number of hydrogen-bond acceptors (Lipinski definition) is 3. The zero-order valence-corrected chi connectivity index (χ0v) is 26.9. The van der Waals surface area contributed by atoms with E-state index in [1.807, 2.05) is 6.92 Å². The molecule has 0 spiro atoms. The molecule has 0 bridgehead atoms. The number of carbonyl (C=O) groups excluding carboxylic acids is 1. The van der Waals surface area contributed by atoms with E-state index in [9.17, 15) is 14.7 Å². The van der Waals surface area contributed by atoms with Crippen LogP contribution in [-0.4, -0.2) is 23.7 Å². The van der Waals surface area contributed by atoms with Gasteiger partial charge in [0.25, 0.3) is 0 Å². The molecule has 4 heteroatoms. The van der Waals surface area contributed by atoms with E-state index in [1.165, 1.54) is 135 Å². The van der Waals surface area contributed by atoms with Gasteiger partial charge in [-0.2, -0.15) is 0 Å². The molecule has 0 aromatic heterocycles. The first-order valence-corrected chi connectivity index (χ1v) is 17.6. The predicted octanol–water partition coefficient (Wildman–Crippen LogP) is 11.7. The molecule has 0 saturated carbocycles. The molecule has 0 aliphatic heterocycles. The van der Waals surface area contributed by atoms with Crippen molar-refractivity contribution in [3.63, 3.8) is 0 Å². The van der Waals surface area contributed by atoms with E-state index in [1.54, 1.807) is 0 Å². The van der Waals surface area contributed by atoms with E-state index >= 15 is 0 Å². The standard InChI is InChI=1S/C36H68O4/c1-3-5-6-7-8-9-10-11-12-13-14-15-16-17-18-19-20-21-22-23-24-25-26-27-28-29-30-31-34(36(38)39)33-35(37)40-32-4-2/h25-26,34H,3-24,27-33H2,1-2H3,(H,38,39)/b26-25+. The van der Waals surface area contributed by atoms with Crippen LogP contribution in [0.1, 0.15) is 194 Å². The largest absolute Gasteiger partial charge is 0.481 e. The Morgan fingerprint density at radius 3 is 1.30 bits per heavy atom. The Hall–Kier alpha value is -1.32. The third-order valence-electron chi connectivity index (χ3n) is 8.04. The summed E-state index contributed by atoms with van der Waals surface area (Å²) in [5.74, 6) is -1.88. The van der Waals surface area contributed by atoms with Gasteiger partial charge in [-0.25, -0.2) is 0 Å². The van der Waals surface area contributed by atoms with Gasteiger partial charge in [0, 0.05) is 0 Å². The predicted molar refractivity (Wildman–Crippen MR) is 172 cm³/mol. The maximum absolute atomic E-state index is 11.7. The number of carbonyl (C=O) groups is 2. The number of carboxylic acid groups (broad SMARTS) is 1. The molecule has 0 saturated heterocycles. The summed E-state index contributed by atoms with van der Waals surface area (Å²) in [7, 11) is 0. The normalized spacial score (nSPS) is 12.2. The van der Waals surface area contributed by atoms with Crippen molar-refractivity contribution in [1.82, 2.24) is 0 Å². The smallest absolute Gasteiger partial charge is 0.307 e. The first-order valence-electron chi connectivity index (χ1n) is 17.6. The van der Waals surface area contributed by atoms with Crippen LogP contribution in [-0.2, 0) is 14.3 Å². The van der Waals surface area contributed by atoms with Crippen LogP contribution in [0.3, 0.4) is 0 Å². The maximum atomic E-state index is 11.7. The minimum absolute atomic E-state index is 0.00525. The molecule has 0 aromatic rings. The van der Waals surface area contributed by atoms with E-state index in [4.69, 9.17) is 4.74 Å². The Bertz CT molecular complexity index is 571. The summed E-state index contributed by atoms with van der Waals surface area (Å²) in [6, 6.07) is 0. The number of rotatable bonds is 32. The molecule has 0 heterocycles. The first-order chi connectivity index (χ1) is 19.6. The van der Waals surface area contributed by atoms with Crippen molar-refractivity contribution in [3.8, 4) is 0 Å². The van der Waals surface area contributed by atoms with Crippen LogP contribution in [0.2, 0.25) is 0 Å². The maximum Gasteiger partial charge on any atom is 0.307 e. The van der Waals surface area contributed by atoms with Gasteiger partial charge >= 0.3 is 11.9 Å². The van der Waals surface area contributed by atoms with Crippen molar-refractivity contribution in [1.29, 1.82) is 0 Å². The van der Waals surface area contributed by atoms with Gasteiger partial charge in [-0.15, -0.1) is 0 Å². The molecule has 0 aliphatic rings. The topological polar surface area (TPSA) is 63.6 Å². The summed E-state index contributed by atoms with van der Waals surface area (Å²) in [6.45, 7) is 4.59. The van der Waals surface area contributed by atoms with Crippen molar-refractivity contribution >= 4 is 11.9 Å². The molecule has 0 rings (SSSR count). The minimum atomic E-state index is -0.886. The third kappa shape index (κ3) is 29.7. The average Bonchev–Trinajstić information content (AvgIpc) is 2.94. The fourth-order valence-corrected chi connectivity index (χ4v) is 5.37. The number of unbranched alkanes of at least 4 members (excludes halogenated alkanes) is 23. The second-order valence-corrected chi connectivity index (χ2v) is 12.1. The quantitative estimate of drug-likeness (QED) is 0.0501. The van der Waals surface area contributed by atoms with Crippen molar-refractivity contribution in [2.75, 3.05) is 6.61 Å². The average molecular weight is 565 g/mol. The van der Waals surface area contributed by atoms with Gasteiger partial charge in [0.05, 0.1) is 18.9 Å². The van der Waals surface area contributed by atoms with Crippen LogP contribution in [0, 0.1) is 5.92 Å². The molecule has 1 unspecified atom stereocenters. The number of ether oxygens (including phenoxy) is 1. The Morgan fingerprint density at radius 2 is 0.925 bits per heavy atom. The molecular formula is C36H68O4. The lowest BCUT2D eigenvalue weighted by Gasteiger charge is -2.11. The molecule has 1 atom stereocenters. The molecule has 236 valence electrons. The van der Waals surface area contributed by atoms with E-state index in [0.717, 1.165) is 32.1 Å². The van der Waals surface area contributed by atoms with Gasteiger partial charge in [0.15, 0.2) is 0 Å². The zero-order valence-electron chi connectivity index (χ0n) is 26.9. The van der Waals surface area contributed by atoms with Crippen molar-refractivity contribution in [3.05, 3.63) is 12.2 Å². The van der Waals surface area contributed by atoms with Crippen LogP contribution < -0.4 is 0 Å². The Labute approximate surface area is 249 Å². The Morgan fingerprint density at radius 1 is 0.550 bits per heavy atom. The SMILES string of the molecule is CCCCCCCCCCCCCCCCCCCCCC/C=C/CCCCCC(CC(=O)OCCC)C(=O)O. The third-order valence-corrected chi connectivity index (χ3v) is 8.04. The number of carboxylic acids is 1. The van der Waals surface area contributed by atoms with Gasteiger partial charge < -0.3 is 9.84 Å². The highest BCUT2D eigenvalue weighted by atomic mass is 16.5. The molecule has 0 amide bonds. The lowest BCUT2D eigenvalue weighted by atomic mass is 9.97. The molecular weight excluding hydrogens is 496 g/mol.